The van der Waals surface area contributed by atoms with E-state index < -0.39 is 0 Å². The molecule has 0 spiro atoms. The minimum atomic E-state index is 0.0980. The summed E-state index contributed by atoms with van der Waals surface area (Å²) in [5, 5.41) is 4.55. The molecular weight excluding hydrogens is 310 g/mol. The maximum atomic E-state index is 12.8. The minimum Gasteiger partial charge on any atom is -0.464 e. The highest BCUT2D eigenvalue weighted by Gasteiger charge is 2.51. The van der Waals surface area contributed by atoms with Crippen LogP contribution in [0.15, 0.2) is 28.9 Å². The molecule has 6 rings (SSSR count). The van der Waals surface area contributed by atoms with Crippen LogP contribution < -0.4 is 5.32 Å². The summed E-state index contributed by atoms with van der Waals surface area (Å²) < 4.78 is 5.71. The number of hydrogen-bond donors (Lipinski definition) is 1. The van der Waals surface area contributed by atoms with Crippen LogP contribution >= 0.6 is 0 Å². The largest absolute Gasteiger partial charge is 0.464 e. The van der Waals surface area contributed by atoms with Crippen molar-refractivity contribution in [2.24, 2.45) is 17.8 Å². The Hall–Kier alpha value is -1.77. The summed E-state index contributed by atoms with van der Waals surface area (Å²) in [6, 6.07) is 6.33. The van der Waals surface area contributed by atoms with Crippen molar-refractivity contribution in [3.63, 3.8) is 0 Å². The van der Waals surface area contributed by atoms with Gasteiger partial charge in [-0.05, 0) is 74.3 Å². The highest BCUT2D eigenvalue weighted by molar-refractivity contribution is 5.88. The molecule has 132 valence electrons. The summed E-state index contributed by atoms with van der Waals surface area (Å²) in [7, 11) is 0. The molecule has 1 amide bonds. The summed E-state index contributed by atoms with van der Waals surface area (Å²) in [5.41, 5.74) is 3.28. The molecule has 1 heterocycles. The number of carbonyl (C=O) groups excluding carboxylic acids is 1. The third-order valence-corrected chi connectivity index (χ3v) is 6.92. The SMILES string of the molecule is CCc1ccc2c(CC(=O)NC34CC5CC(CC(C5)C3)C4)coc2c1. The van der Waals surface area contributed by atoms with Crippen LogP contribution in [0.25, 0.3) is 11.0 Å². The van der Waals surface area contributed by atoms with Crippen LogP contribution in [-0.2, 0) is 17.6 Å². The average molecular weight is 337 g/mol. The number of furan rings is 1. The fourth-order valence-electron chi connectivity index (χ4n) is 6.26. The van der Waals surface area contributed by atoms with E-state index in [4.69, 9.17) is 4.42 Å². The Bertz CT molecular complexity index is 783. The summed E-state index contributed by atoms with van der Waals surface area (Å²) in [5.74, 6) is 2.74. The van der Waals surface area contributed by atoms with Gasteiger partial charge in [0.05, 0.1) is 12.7 Å². The van der Waals surface area contributed by atoms with Gasteiger partial charge in [-0.3, -0.25) is 4.79 Å². The van der Waals surface area contributed by atoms with Crippen LogP contribution in [0, 0.1) is 17.8 Å². The third-order valence-electron chi connectivity index (χ3n) is 6.92. The molecule has 0 atom stereocenters. The highest BCUT2D eigenvalue weighted by Crippen LogP contribution is 2.55. The molecule has 0 aliphatic heterocycles. The van der Waals surface area contributed by atoms with E-state index in [1.165, 1.54) is 44.1 Å². The second-order valence-corrected chi connectivity index (χ2v) is 8.87. The molecule has 4 bridgehead atoms. The van der Waals surface area contributed by atoms with Crippen LogP contribution in [0.5, 0.6) is 0 Å². The normalized spacial score (nSPS) is 33.1. The fourth-order valence-corrected chi connectivity index (χ4v) is 6.26. The first-order valence-electron chi connectivity index (χ1n) is 9.92. The van der Waals surface area contributed by atoms with Crippen molar-refractivity contribution in [2.45, 2.75) is 63.8 Å². The van der Waals surface area contributed by atoms with Gasteiger partial charge in [0, 0.05) is 16.5 Å². The first-order valence-corrected chi connectivity index (χ1v) is 9.92. The molecule has 0 unspecified atom stereocenters. The van der Waals surface area contributed by atoms with Crippen molar-refractivity contribution in [2.75, 3.05) is 0 Å². The molecular formula is C22H27NO2. The quantitative estimate of drug-likeness (QED) is 0.884. The lowest BCUT2D eigenvalue weighted by molar-refractivity contribution is -0.126. The van der Waals surface area contributed by atoms with Gasteiger partial charge in [-0.1, -0.05) is 19.1 Å². The zero-order valence-electron chi connectivity index (χ0n) is 15.0. The van der Waals surface area contributed by atoms with Gasteiger partial charge in [-0.15, -0.1) is 0 Å². The first-order chi connectivity index (χ1) is 12.1. The molecule has 4 aliphatic carbocycles. The predicted octanol–water partition coefficient (Wildman–Crippen LogP) is 4.62. The Morgan fingerprint density at radius 1 is 1.16 bits per heavy atom. The maximum Gasteiger partial charge on any atom is 0.224 e. The molecule has 1 N–H and O–H groups in total. The number of hydrogen-bond acceptors (Lipinski definition) is 2. The highest BCUT2D eigenvalue weighted by atomic mass is 16.3. The van der Waals surface area contributed by atoms with Gasteiger partial charge in [0.25, 0.3) is 0 Å². The molecule has 3 heteroatoms. The minimum absolute atomic E-state index is 0.0980. The topological polar surface area (TPSA) is 42.2 Å². The molecule has 0 radical (unpaired) electrons. The zero-order valence-corrected chi connectivity index (χ0v) is 15.0. The van der Waals surface area contributed by atoms with E-state index in [-0.39, 0.29) is 11.4 Å². The maximum absolute atomic E-state index is 12.8. The molecule has 3 nitrogen and oxygen atoms in total. The Balaban J connectivity index is 1.33. The van der Waals surface area contributed by atoms with E-state index in [1.54, 1.807) is 6.26 Å². The van der Waals surface area contributed by atoms with Gasteiger partial charge in [0.2, 0.25) is 5.91 Å². The van der Waals surface area contributed by atoms with Crippen molar-refractivity contribution < 1.29 is 9.21 Å². The van der Waals surface area contributed by atoms with Crippen molar-refractivity contribution in [3.05, 3.63) is 35.6 Å². The second-order valence-electron chi connectivity index (χ2n) is 8.87. The van der Waals surface area contributed by atoms with Crippen LogP contribution in [0.1, 0.15) is 56.6 Å². The van der Waals surface area contributed by atoms with Gasteiger partial charge in [0.15, 0.2) is 0 Å². The van der Waals surface area contributed by atoms with Crippen molar-refractivity contribution in [3.8, 4) is 0 Å². The van der Waals surface area contributed by atoms with Crippen LogP contribution in [-0.4, -0.2) is 11.4 Å². The number of rotatable bonds is 4. The van der Waals surface area contributed by atoms with E-state index >= 15 is 0 Å². The zero-order chi connectivity index (χ0) is 17.0. The molecule has 4 saturated carbocycles. The Morgan fingerprint density at radius 3 is 2.48 bits per heavy atom. The molecule has 2 aromatic rings. The molecule has 4 aliphatic rings. The second kappa shape index (κ2) is 5.62. The smallest absolute Gasteiger partial charge is 0.224 e. The first kappa shape index (κ1) is 15.5. The van der Waals surface area contributed by atoms with E-state index in [0.717, 1.165) is 40.7 Å². The van der Waals surface area contributed by atoms with Crippen molar-refractivity contribution in [1.29, 1.82) is 0 Å². The van der Waals surface area contributed by atoms with E-state index in [9.17, 15) is 4.79 Å². The van der Waals surface area contributed by atoms with Gasteiger partial charge < -0.3 is 9.73 Å². The van der Waals surface area contributed by atoms with Gasteiger partial charge in [-0.25, -0.2) is 0 Å². The number of benzene rings is 1. The van der Waals surface area contributed by atoms with Crippen molar-refractivity contribution >= 4 is 16.9 Å². The lowest BCUT2D eigenvalue weighted by Gasteiger charge is -2.56. The molecule has 0 saturated heterocycles. The average Bonchev–Trinajstić information content (AvgIpc) is 2.95. The predicted molar refractivity (Wildman–Crippen MR) is 98.3 cm³/mol. The number of fused-ring (bicyclic) bond motifs is 1. The standard InChI is InChI=1S/C22H27NO2/c1-2-14-3-4-19-18(13-25-20(19)8-14)9-21(24)23-22-10-15-5-16(11-22)7-17(6-15)12-22/h3-4,8,13,15-17H,2,5-7,9-12H2,1H3,(H,23,24). The van der Waals surface area contributed by atoms with Crippen LogP contribution in [0.4, 0.5) is 0 Å². The number of carbonyl (C=O) groups is 1. The summed E-state index contributed by atoms with van der Waals surface area (Å²) in [6.07, 6.45) is 11.0. The lowest BCUT2D eigenvalue weighted by atomic mass is 9.53. The van der Waals surface area contributed by atoms with E-state index in [1.807, 2.05) is 0 Å². The van der Waals surface area contributed by atoms with Crippen LogP contribution in [0.3, 0.4) is 0 Å². The number of aryl methyl sites for hydroxylation is 1. The Morgan fingerprint density at radius 2 is 1.84 bits per heavy atom. The van der Waals surface area contributed by atoms with E-state index in [2.05, 4.69) is 30.4 Å². The molecule has 1 aromatic heterocycles. The van der Waals surface area contributed by atoms with Gasteiger partial charge in [0.1, 0.15) is 5.58 Å². The third kappa shape index (κ3) is 2.68. The van der Waals surface area contributed by atoms with Crippen LogP contribution in [0.2, 0.25) is 0 Å². The number of amides is 1. The summed E-state index contributed by atoms with van der Waals surface area (Å²) >= 11 is 0. The van der Waals surface area contributed by atoms with Gasteiger partial charge in [-0.2, -0.15) is 0 Å². The fraction of sp³-hybridized carbons (Fsp3) is 0.591. The summed E-state index contributed by atoms with van der Waals surface area (Å²) in [6.45, 7) is 2.14. The van der Waals surface area contributed by atoms with Gasteiger partial charge >= 0.3 is 0 Å². The van der Waals surface area contributed by atoms with Crippen molar-refractivity contribution in [1.82, 2.24) is 5.32 Å². The number of nitrogens with one attached hydrogen (secondary N) is 1. The summed E-state index contributed by atoms with van der Waals surface area (Å²) in [4.78, 5) is 12.8. The Labute approximate surface area is 149 Å². The molecule has 25 heavy (non-hydrogen) atoms. The monoisotopic (exact) mass is 337 g/mol. The lowest BCUT2D eigenvalue weighted by Crippen LogP contribution is -2.60. The molecule has 1 aromatic carbocycles. The molecule has 4 fully saturated rings. The Kier molecular flexibility index (Phi) is 3.48. The van der Waals surface area contributed by atoms with E-state index in [0.29, 0.717) is 6.42 Å².